The molecule has 0 aromatic rings. The molecule has 58 valence electrons. The zero-order valence-electron chi connectivity index (χ0n) is 6.89. The topological polar surface area (TPSA) is 26.0 Å². The molecule has 0 aliphatic rings. The molecule has 0 aromatic carbocycles. The number of hydrogen-bond donors (Lipinski definition) is 1. The van der Waals surface area contributed by atoms with Crippen molar-refractivity contribution in [3.63, 3.8) is 0 Å². The van der Waals surface area contributed by atoms with Gasteiger partial charge in [0.25, 0.3) is 0 Å². The Kier molecular flexibility index (Phi) is 9.12. The van der Waals surface area contributed by atoms with Crippen LogP contribution in [0.4, 0.5) is 0 Å². The molecule has 0 amide bonds. The average Bonchev–Trinajstić information content (AvgIpc) is 1.87. The molecule has 0 rings (SSSR count). The Morgan fingerprint density at radius 2 is 2.30 bits per heavy atom. The molecular weight excluding hydrogens is 249 g/mol. The Hall–Kier alpha value is 1.11. The van der Waals surface area contributed by atoms with E-state index in [4.69, 9.17) is 5.73 Å². The number of rotatable bonds is 6. The molecule has 0 fully saturated rings. The van der Waals surface area contributed by atoms with E-state index < -0.39 is 0 Å². The molecule has 1 atom stereocenters. The van der Waals surface area contributed by atoms with Gasteiger partial charge in [-0.25, -0.2) is 0 Å². The van der Waals surface area contributed by atoms with Crippen molar-refractivity contribution in [2.75, 3.05) is 9.52 Å². The number of hydrogen-bond acceptors (Lipinski definition) is 2. The van der Waals surface area contributed by atoms with Crippen molar-refractivity contribution in [2.45, 2.75) is 30.7 Å². The molecule has 0 aliphatic carbocycles. The van der Waals surface area contributed by atoms with Gasteiger partial charge in [0.05, 0.1) is 0 Å². The van der Waals surface area contributed by atoms with Crippen LogP contribution < -0.4 is 5.73 Å². The third kappa shape index (κ3) is 9.11. The van der Waals surface area contributed by atoms with E-state index in [1.807, 2.05) is 0 Å². The van der Waals surface area contributed by atoms with E-state index in [-0.39, 0.29) is 21.1 Å². The van der Waals surface area contributed by atoms with Crippen LogP contribution >= 0.6 is 11.8 Å². The SMILES string of the molecule is CCS[CH2][Sn+2][CH2]CC(C)N. The summed E-state index contributed by atoms with van der Waals surface area (Å²) in [4.78, 5) is 0. The third-order valence-electron chi connectivity index (χ3n) is 1.18. The van der Waals surface area contributed by atoms with Gasteiger partial charge in [0.15, 0.2) is 0 Å². The molecule has 0 spiro atoms. The predicted octanol–water partition coefficient (Wildman–Crippen LogP) is 1.56. The van der Waals surface area contributed by atoms with Crippen LogP contribution in [0.1, 0.15) is 20.3 Å². The van der Waals surface area contributed by atoms with Gasteiger partial charge in [-0.05, 0) is 0 Å². The molecule has 0 heterocycles. The number of thioether (sulfide) groups is 1. The maximum atomic E-state index is 5.63. The monoisotopic (exact) mass is 267 g/mol. The molecule has 0 aliphatic heterocycles. The summed E-state index contributed by atoms with van der Waals surface area (Å²) in [6.07, 6.45) is 1.26. The van der Waals surface area contributed by atoms with Crippen LogP contribution in [0.15, 0.2) is 0 Å². The molecule has 3 heteroatoms. The van der Waals surface area contributed by atoms with Crippen molar-refractivity contribution in [1.29, 1.82) is 0 Å². The van der Waals surface area contributed by atoms with Crippen molar-refractivity contribution in [3.8, 4) is 0 Å². The van der Waals surface area contributed by atoms with Gasteiger partial charge in [0.1, 0.15) is 0 Å². The van der Waals surface area contributed by atoms with Gasteiger partial charge in [-0.2, -0.15) is 0 Å². The Labute approximate surface area is 78.7 Å². The van der Waals surface area contributed by atoms with Crippen molar-refractivity contribution in [1.82, 2.24) is 0 Å². The summed E-state index contributed by atoms with van der Waals surface area (Å²) in [5.41, 5.74) is 5.63. The predicted molar refractivity (Wildman–Crippen MR) is 51.8 cm³/mol. The zero-order chi connectivity index (χ0) is 7.82. The average molecular weight is 266 g/mol. The first-order chi connectivity index (χ1) is 4.77. The second-order valence-corrected chi connectivity index (χ2v) is 9.00. The molecular formula is C7H17NSSn+2. The van der Waals surface area contributed by atoms with E-state index in [1.54, 1.807) is 0 Å². The van der Waals surface area contributed by atoms with E-state index in [2.05, 4.69) is 25.6 Å². The van der Waals surface area contributed by atoms with Gasteiger partial charge in [0, 0.05) is 0 Å². The Morgan fingerprint density at radius 3 is 2.80 bits per heavy atom. The van der Waals surface area contributed by atoms with E-state index in [0.29, 0.717) is 6.04 Å². The third-order valence-corrected chi connectivity index (χ3v) is 7.33. The van der Waals surface area contributed by atoms with Gasteiger partial charge in [-0.15, -0.1) is 0 Å². The van der Waals surface area contributed by atoms with Gasteiger partial charge in [-0.3, -0.25) is 0 Å². The van der Waals surface area contributed by atoms with Crippen LogP contribution in [0.25, 0.3) is 0 Å². The summed E-state index contributed by atoms with van der Waals surface area (Å²) < 4.78 is 2.95. The standard InChI is InChI=1S/C4H10N.C3H7S.Sn/c1-3-4(2)5;1-3-4-2;/h4H,1,3,5H2,2H3;2-3H2,1H3;/q;;+2. The summed E-state index contributed by atoms with van der Waals surface area (Å²) in [6.45, 7) is 4.34. The summed E-state index contributed by atoms with van der Waals surface area (Å²) in [6, 6.07) is 0.438. The molecule has 2 N–H and O–H groups in total. The normalized spacial score (nSPS) is 12.7. The van der Waals surface area contributed by atoms with E-state index in [0.717, 1.165) is 0 Å². The minimum absolute atomic E-state index is 0.00433. The van der Waals surface area contributed by atoms with Gasteiger partial charge in [0.2, 0.25) is 0 Å². The fourth-order valence-corrected chi connectivity index (χ4v) is 7.17. The first kappa shape index (κ1) is 11.1. The van der Waals surface area contributed by atoms with Crippen LogP contribution in [0.2, 0.25) is 4.44 Å². The van der Waals surface area contributed by atoms with Crippen LogP contribution in [-0.2, 0) is 0 Å². The molecule has 0 bridgehead atoms. The second-order valence-electron chi connectivity index (χ2n) is 2.40. The van der Waals surface area contributed by atoms with Crippen LogP contribution in [0.3, 0.4) is 0 Å². The summed E-state index contributed by atoms with van der Waals surface area (Å²) >= 11 is 2.09. The fraction of sp³-hybridized carbons (Fsp3) is 1.00. The first-order valence-corrected chi connectivity index (χ1v) is 9.00. The van der Waals surface area contributed by atoms with E-state index in [9.17, 15) is 0 Å². The molecule has 1 unspecified atom stereocenters. The number of nitrogens with two attached hydrogens (primary N) is 1. The van der Waals surface area contributed by atoms with Crippen LogP contribution in [-0.4, -0.2) is 36.7 Å². The fourth-order valence-electron chi connectivity index (χ4n) is 0.576. The molecule has 10 heavy (non-hydrogen) atoms. The first-order valence-electron chi connectivity index (χ1n) is 3.81. The summed E-state index contributed by atoms with van der Waals surface area (Å²) in [5.74, 6) is 1.29. The maximum absolute atomic E-state index is 5.63. The Balaban J connectivity index is 2.77. The van der Waals surface area contributed by atoms with E-state index >= 15 is 0 Å². The van der Waals surface area contributed by atoms with Crippen molar-refractivity contribution < 1.29 is 0 Å². The van der Waals surface area contributed by atoms with Crippen molar-refractivity contribution >= 4 is 32.9 Å². The minimum atomic E-state index is -0.00433. The molecule has 0 radical (unpaired) electrons. The summed E-state index contributed by atoms with van der Waals surface area (Å²) in [5, 5.41) is 0. The van der Waals surface area contributed by atoms with Gasteiger partial charge < -0.3 is 0 Å². The molecule has 0 aromatic heterocycles. The van der Waals surface area contributed by atoms with Gasteiger partial charge in [-0.1, -0.05) is 0 Å². The molecule has 0 saturated carbocycles. The Bertz CT molecular complexity index is 68.6. The van der Waals surface area contributed by atoms with Gasteiger partial charge >= 0.3 is 78.9 Å². The summed E-state index contributed by atoms with van der Waals surface area (Å²) in [7, 11) is 0. The molecule has 0 saturated heterocycles. The van der Waals surface area contributed by atoms with E-state index in [1.165, 1.54) is 20.4 Å². The van der Waals surface area contributed by atoms with Crippen LogP contribution in [0, 0.1) is 0 Å². The van der Waals surface area contributed by atoms with Crippen molar-refractivity contribution in [3.05, 3.63) is 0 Å². The zero-order valence-corrected chi connectivity index (χ0v) is 10.6. The second kappa shape index (κ2) is 8.21. The molecule has 1 nitrogen and oxygen atoms in total. The van der Waals surface area contributed by atoms with Crippen LogP contribution in [0.5, 0.6) is 0 Å². The Morgan fingerprint density at radius 1 is 1.60 bits per heavy atom. The van der Waals surface area contributed by atoms with Crippen molar-refractivity contribution in [2.24, 2.45) is 5.73 Å². The quantitative estimate of drug-likeness (QED) is 0.583.